The molecule has 6 nitrogen and oxygen atoms in total. The van der Waals surface area contributed by atoms with E-state index in [-0.39, 0.29) is 5.69 Å². The number of nitrogens with zero attached hydrogens (tertiary/aromatic N) is 3. The van der Waals surface area contributed by atoms with Crippen molar-refractivity contribution in [2.45, 2.75) is 6.54 Å². The number of methoxy groups -OCH3 is 1. The van der Waals surface area contributed by atoms with E-state index < -0.39 is 0 Å². The second-order valence-corrected chi connectivity index (χ2v) is 4.85. The van der Waals surface area contributed by atoms with E-state index in [0.717, 1.165) is 5.56 Å². The molecule has 0 aromatic carbocycles. The number of nitrogens with two attached hydrogens (primary N) is 1. The molecule has 20 heavy (non-hydrogen) atoms. The number of rotatable bonds is 4. The van der Waals surface area contributed by atoms with Crippen LogP contribution < -0.4 is 15.8 Å². The number of aromatic nitrogens is 1. The summed E-state index contributed by atoms with van der Waals surface area (Å²) in [5, 5.41) is 21.7. The molecular weight excluding hydrogens is 274 g/mol. The van der Waals surface area contributed by atoms with Crippen molar-refractivity contribution in [1.82, 2.24) is 4.98 Å². The van der Waals surface area contributed by atoms with Gasteiger partial charge in [0.25, 0.3) is 0 Å². The minimum atomic E-state index is 0.231. The lowest BCUT2D eigenvalue weighted by molar-refractivity contribution is 0.397. The van der Waals surface area contributed by atoms with E-state index in [1.165, 1.54) is 11.3 Å². The molecule has 2 aromatic rings. The average molecular weight is 285 g/mol. The molecular formula is C13H11N5OS. The van der Waals surface area contributed by atoms with Crippen molar-refractivity contribution in [3.8, 4) is 18.0 Å². The van der Waals surface area contributed by atoms with Gasteiger partial charge in [-0.3, -0.25) is 0 Å². The number of nitriles is 2. The van der Waals surface area contributed by atoms with E-state index in [4.69, 9.17) is 21.0 Å². The van der Waals surface area contributed by atoms with Crippen LogP contribution in [-0.4, -0.2) is 12.1 Å². The third-order valence-corrected chi connectivity index (χ3v) is 3.69. The van der Waals surface area contributed by atoms with Gasteiger partial charge in [0, 0.05) is 18.8 Å². The molecule has 0 amide bonds. The number of nitrogen functional groups attached to an aromatic ring is 1. The number of thiophene rings is 1. The molecule has 0 saturated heterocycles. The number of anilines is 2. The molecule has 0 bridgehead atoms. The molecule has 0 saturated carbocycles. The molecule has 100 valence electrons. The zero-order chi connectivity index (χ0) is 14.5. The fourth-order valence-corrected chi connectivity index (χ4v) is 2.48. The summed E-state index contributed by atoms with van der Waals surface area (Å²) in [6.45, 7) is 0.485. The Morgan fingerprint density at radius 3 is 2.90 bits per heavy atom. The van der Waals surface area contributed by atoms with Gasteiger partial charge in [0.05, 0.1) is 12.8 Å². The summed E-state index contributed by atoms with van der Waals surface area (Å²) in [5.74, 6) is 0.521. The van der Waals surface area contributed by atoms with Crippen LogP contribution in [0.2, 0.25) is 0 Å². The highest BCUT2D eigenvalue weighted by Gasteiger charge is 2.15. The molecule has 0 spiro atoms. The fourth-order valence-electron chi connectivity index (χ4n) is 1.62. The molecule has 0 aliphatic carbocycles. The van der Waals surface area contributed by atoms with Crippen molar-refractivity contribution in [3.63, 3.8) is 0 Å². The first-order valence-corrected chi connectivity index (χ1v) is 6.46. The lowest BCUT2D eigenvalue weighted by atomic mass is 10.2. The monoisotopic (exact) mass is 285 g/mol. The predicted octanol–water partition coefficient (Wildman–Crippen LogP) is 2.09. The quantitative estimate of drug-likeness (QED) is 0.890. The van der Waals surface area contributed by atoms with Gasteiger partial charge in [0.1, 0.15) is 27.6 Å². The van der Waals surface area contributed by atoms with Crippen LogP contribution in [0, 0.1) is 22.7 Å². The van der Waals surface area contributed by atoms with Gasteiger partial charge < -0.3 is 15.8 Å². The number of nitrogens with one attached hydrogen (secondary N) is 1. The van der Waals surface area contributed by atoms with Crippen molar-refractivity contribution in [3.05, 3.63) is 34.3 Å². The van der Waals surface area contributed by atoms with Crippen molar-refractivity contribution < 1.29 is 4.74 Å². The van der Waals surface area contributed by atoms with Crippen LogP contribution in [0.4, 0.5) is 10.7 Å². The Bertz CT molecular complexity index is 711. The third kappa shape index (κ3) is 2.63. The Balaban J connectivity index is 2.19. The van der Waals surface area contributed by atoms with Gasteiger partial charge in [-0.2, -0.15) is 10.5 Å². The molecule has 2 aromatic heterocycles. The summed E-state index contributed by atoms with van der Waals surface area (Å²) in [5.41, 5.74) is 7.23. The van der Waals surface area contributed by atoms with Gasteiger partial charge in [-0.25, -0.2) is 4.98 Å². The van der Waals surface area contributed by atoms with Crippen LogP contribution in [0.1, 0.15) is 16.0 Å². The van der Waals surface area contributed by atoms with Crippen molar-refractivity contribution in [2.24, 2.45) is 0 Å². The predicted molar refractivity (Wildman–Crippen MR) is 76.3 cm³/mol. The highest BCUT2D eigenvalue weighted by Crippen LogP contribution is 2.34. The maximum Gasteiger partial charge on any atom is 0.213 e. The van der Waals surface area contributed by atoms with Gasteiger partial charge in [0.2, 0.25) is 5.88 Å². The maximum atomic E-state index is 9.08. The summed E-state index contributed by atoms with van der Waals surface area (Å²) in [6.07, 6.45) is 1.64. The summed E-state index contributed by atoms with van der Waals surface area (Å²) in [6, 6.07) is 7.62. The first-order chi connectivity index (χ1) is 9.69. The van der Waals surface area contributed by atoms with Crippen molar-refractivity contribution in [1.29, 1.82) is 10.5 Å². The summed E-state index contributed by atoms with van der Waals surface area (Å²) in [7, 11) is 1.55. The smallest absolute Gasteiger partial charge is 0.213 e. The lowest BCUT2D eigenvalue weighted by Gasteiger charge is -2.05. The molecule has 0 unspecified atom stereocenters. The fraction of sp³-hybridized carbons (Fsp3) is 0.154. The Labute approximate surface area is 120 Å². The molecule has 0 aliphatic rings. The Morgan fingerprint density at radius 2 is 2.25 bits per heavy atom. The first-order valence-electron chi connectivity index (χ1n) is 5.64. The summed E-state index contributed by atoms with van der Waals surface area (Å²) in [4.78, 5) is 4.36. The van der Waals surface area contributed by atoms with Crippen LogP contribution >= 0.6 is 11.3 Å². The minimum absolute atomic E-state index is 0.231. The van der Waals surface area contributed by atoms with E-state index in [1.807, 2.05) is 18.2 Å². The molecule has 0 fully saturated rings. The highest BCUT2D eigenvalue weighted by molar-refractivity contribution is 7.17. The minimum Gasteiger partial charge on any atom is -0.481 e. The maximum absolute atomic E-state index is 9.08. The standard InChI is InChI=1S/C13H11N5OS/c1-19-11-4-8(2-3-17-11)7-18-13-9(5-14)12(16)10(6-15)20-13/h2-4,18H,7,16H2,1H3. The summed E-state index contributed by atoms with van der Waals surface area (Å²) < 4.78 is 5.04. The Kier molecular flexibility index (Phi) is 4.04. The number of ether oxygens (including phenoxy) is 1. The number of hydrogen-bond acceptors (Lipinski definition) is 7. The third-order valence-electron chi connectivity index (χ3n) is 2.62. The van der Waals surface area contributed by atoms with Crippen molar-refractivity contribution >= 4 is 22.0 Å². The molecule has 2 heterocycles. The van der Waals surface area contributed by atoms with Crippen LogP contribution in [-0.2, 0) is 6.54 Å². The second-order valence-electron chi connectivity index (χ2n) is 3.83. The van der Waals surface area contributed by atoms with E-state index >= 15 is 0 Å². The Morgan fingerprint density at radius 1 is 1.45 bits per heavy atom. The van der Waals surface area contributed by atoms with Crippen LogP contribution in [0.15, 0.2) is 18.3 Å². The second kappa shape index (κ2) is 5.91. The van der Waals surface area contributed by atoms with E-state index in [9.17, 15) is 0 Å². The van der Waals surface area contributed by atoms with Gasteiger partial charge >= 0.3 is 0 Å². The van der Waals surface area contributed by atoms with Gasteiger partial charge in [-0.15, -0.1) is 11.3 Å². The molecule has 2 rings (SSSR count). The molecule has 0 aliphatic heterocycles. The molecule has 0 radical (unpaired) electrons. The van der Waals surface area contributed by atoms with Gasteiger partial charge in [0.15, 0.2) is 0 Å². The van der Waals surface area contributed by atoms with Crippen LogP contribution in [0.25, 0.3) is 0 Å². The zero-order valence-corrected chi connectivity index (χ0v) is 11.5. The SMILES string of the molecule is COc1cc(CNc2sc(C#N)c(N)c2C#N)ccn1. The van der Waals surface area contributed by atoms with Gasteiger partial charge in [-0.05, 0) is 11.6 Å². The molecule has 7 heteroatoms. The van der Waals surface area contributed by atoms with E-state index in [2.05, 4.69) is 10.3 Å². The first kappa shape index (κ1) is 13.7. The van der Waals surface area contributed by atoms with Crippen LogP contribution in [0.5, 0.6) is 5.88 Å². The molecule has 0 atom stereocenters. The Hall–Kier alpha value is -2.77. The average Bonchev–Trinajstić information content (AvgIpc) is 2.80. The van der Waals surface area contributed by atoms with Gasteiger partial charge in [-0.1, -0.05) is 0 Å². The normalized spacial score (nSPS) is 9.55. The largest absolute Gasteiger partial charge is 0.481 e. The van der Waals surface area contributed by atoms with Crippen molar-refractivity contribution in [2.75, 3.05) is 18.2 Å². The topological polar surface area (TPSA) is 108 Å². The zero-order valence-electron chi connectivity index (χ0n) is 10.7. The number of hydrogen-bond donors (Lipinski definition) is 2. The highest BCUT2D eigenvalue weighted by atomic mass is 32.1. The van der Waals surface area contributed by atoms with E-state index in [0.29, 0.717) is 27.9 Å². The lowest BCUT2D eigenvalue weighted by Crippen LogP contribution is -2.00. The van der Waals surface area contributed by atoms with E-state index in [1.54, 1.807) is 19.4 Å². The van der Waals surface area contributed by atoms with Crippen LogP contribution in [0.3, 0.4) is 0 Å². The molecule has 3 N–H and O–H groups in total. The summed E-state index contributed by atoms with van der Waals surface area (Å²) >= 11 is 1.17. The number of pyridine rings is 1.